The highest BCUT2D eigenvalue weighted by molar-refractivity contribution is 6.33. The van der Waals surface area contributed by atoms with Crippen LogP contribution in [0.3, 0.4) is 0 Å². The van der Waals surface area contributed by atoms with Crippen LogP contribution < -0.4 is 77.5 Å². The molecule has 3 aliphatic rings. The van der Waals surface area contributed by atoms with E-state index in [1.807, 2.05) is 52.8 Å². The number of halogens is 4. The summed E-state index contributed by atoms with van der Waals surface area (Å²) >= 11 is 12.7. The molecule has 0 aliphatic carbocycles. The first-order chi connectivity index (χ1) is 50.0. The van der Waals surface area contributed by atoms with Crippen molar-refractivity contribution in [2.45, 2.75) is 124 Å². The van der Waals surface area contributed by atoms with Crippen molar-refractivity contribution < 1.29 is 37.4 Å². The van der Waals surface area contributed by atoms with E-state index in [4.69, 9.17) is 37.4 Å². The van der Waals surface area contributed by atoms with Crippen molar-refractivity contribution in [3.8, 4) is 17.2 Å². The number of amides is 3. The van der Waals surface area contributed by atoms with Gasteiger partial charge in [-0.05, 0) is 173 Å². The lowest BCUT2D eigenvalue weighted by Crippen LogP contribution is -2.31. The van der Waals surface area contributed by atoms with Crippen LogP contribution >= 0.6 is 23.2 Å². The Hall–Kier alpha value is -10.4. The van der Waals surface area contributed by atoms with E-state index in [0.717, 1.165) is 94.4 Å². The van der Waals surface area contributed by atoms with Crippen molar-refractivity contribution in [1.82, 2.24) is 59.6 Å². The van der Waals surface area contributed by atoms with E-state index in [1.165, 1.54) is 62.5 Å². The molecule has 552 valence electrons. The highest BCUT2D eigenvalue weighted by Gasteiger charge is 2.24. The normalized spacial score (nSPS) is 13.8. The zero-order valence-corrected chi connectivity index (χ0v) is 61.3. The number of fused-ring (bicyclic) bond motifs is 3. The third kappa shape index (κ3) is 18.7. The number of ether oxygens (including phenoxy) is 3. The van der Waals surface area contributed by atoms with E-state index in [-0.39, 0.29) is 95.4 Å². The average Bonchev–Trinajstić information content (AvgIpc) is 0.773. The molecular weight excluding hydrogens is 1380 g/mol. The van der Waals surface area contributed by atoms with Crippen molar-refractivity contribution >= 4 is 126 Å². The van der Waals surface area contributed by atoms with Crippen molar-refractivity contribution in [2.75, 3.05) is 110 Å². The summed E-state index contributed by atoms with van der Waals surface area (Å²) < 4.78 is 51.0. The highest BCUT2D eigenvalue weighted by atomic mass is 35.5. The van der Waals surface area contributed by atoms with Gasteiger partial charge in [0.1, 0.15) is 15.9 Å². The van der Waals surface area contributed by atoms with Crippen LogP contribution in [0, 0.1) is 11.6 Å². The van der Waals surface area contributed by atoms with Crippen LogP contribution in [0.4, 0.5) is 61.1 Å². The van der Waals surface area contributed by atoms with Crippen LogP contribution in [0.2, 0.25) is 10.0 Å². The van der Waals surface area contributed by atoms with Gasteiger partial charge in [-0.15, -0.1) is 0 Å². The first-order valence-electron chi connectivity index (χ1n) is 35.0. The summed E-state index contributed by atoms with van der Waals surface area (Å²) in [5, 5.41) is 19.6. The molecule has 0 radical (unpaired) electrons. The number of carbonyl (C=O) groups excluding carboxylic acids is 3. The predicted molar refractivity (Wildman–Crippen MR) is 403 cm³/mol. The van der Waals surface area contributed by atoms with Crippen molar-refractivity contribution in [3.63, 3.8) is 0 Å². The standard InChI is InChI=1S/C25H31ClN6O3.C24H28ClFN6O3.C24H29FN6O3/c1-4-27-22(33)15-35-21-13-17-12-18(8-9-20(17)32(16(2)3)24(21)34)29-23-19(26)14-28-25(30-23)31-10-6-5-7-11-31;1-14(2)32-21-15(10-19(23(32)34)35-13-20(33)27-3)9-16(11-18(21)26)29-22-17(25)12-28-24(30-22)31-7-5-4-6-8-31;1-15(2)31-19-8-7-17(11-16(19)12-20(23(31)33)34-14-21(32)26-3)28-22-18(25)13-27-24(29-22)30-9-5-4-6-10-30/h8-9,12-14,16H,4-7,10-11,15H2,1-3H3,(H,27,33)(H,28,29,30);9-12,14H,4-8,13H2,1-3H3,(H,27,33)(H,28,29,30);7-8,11-13,15H,4-6,9-10,14H2,1-3H3,(H,26,32)(H,27,28,29). The number of benzene rings is 3. The first kappa shape index (κ1) is 76.2. The van der Waals surface area contributed by atoms with Gasteiger partial charge in [0.15, 0.2) is 60.3 Å². The van der Waals surface area contributed by atoms with Crippen molar-refractivity contribution in [1.29, 1.82) is 0 Å². The average molecular weight is 1470 g/mol. The largest absolute Gasteiger partial charge is 0.478 e. The molecule has 0 atom stereocenters. The number of anilines is 9. The number of pyridine rings is 3. The molecule has 3 amide bonds. The number of carbonyl (C=O) groups is 3. The summed E-state index contributed by atoms with van der Waals surface area (Å²) in [6.45, 7) is 18.0. The monoisotopic (exact) mass is 1470 g/mol. The van der Waals surface area contributed by atoms with Crippen LogP contribution in [-0.2, 0) is 14.4 Å². The topological polar surface area (TPSA) is 304 Å². The Balaban J connectivity index is 0.000000167. The molecule has 0 unspecified atom stereocenters. The van der Waals surface area contributed by atoms with Crippen LogP contribution in [-0.4, -0.2) is 141 Å². The Morgan fingerprint density at radius 2 is 0.827 bits per heavy atom. The lowest BCUT2D eigenvalue weighted by Gasteiger charge is -2.27. The fourth-order valence-corrected chi connectivity index (χ4v) is 12.7. The van der Waals surface area contributed by atoms with Gasteiger partial charge in [-0.25, -0.2) is 23.7 Å². The van der Waals surface area contributed by atoms with E-state index in [2.05, 4.69) is 76.5 Å². The molecule has 3 fully saturated rings. The van der Waals surface area contributed by atoms with Gasteiger partial charge in [0.05, 0.1) is 35.1 Å². The van der Waals surface area contributed by atoms with Gasteiger partial charge in [0.2, 0.25) is 17.8 Å². The maximum absolute atomic E-state index is 15.3. The number of hydrogen-bond donors (Lipinski definition) is 6. The summed E-state index contributed by atoms with van der Waals surface area (Å²) in [6.07, 6.45) is 14.4. The fourth-order valence-electron chi connectivity index (χ4n) is 12.4. The number of nitrogens with zero attached hydrogens (tertiary/aromatic N) is 12. The number of hydrogen-bond acceptors (Lipinski definition) is 21. The molecule has 0 spiro atoms. The van der Waals surface area contributed by atoms with E-state index >= 15 is 4.39 Å². The molecule has 9 aromatic rings. The Morgan fingerprint density at radius 1 is 0.462 bits per heavy atom. The van der Waals surface area contributed by atoms with E-state index < -0.39 is 17.2 Å². The minimum atomic E-state index is -0.588. The van der Waals surface area contributed by atoms with Crippen LogP contribution in [0.1, 0.15) is 124 Å². The zero-order valence-electron chi connectivity index (χ0n) is 59.8. The number of aromatic nitrogens is 9. The number of nitrogens with one attached hydrogen (secondary N) is 6. The summed E-state index contributed by atoms with van der Waals surface area (Å²) in [4.78, 5) is 107. The molecule has 0 bridgehead atoms. The summed E-state index contributed by atoms with van der Waals surface area (Å²) in [6, 6.07) is 18.1. The van der Waals surface area contributed by atoms with Crippen molar-refractivity contribution in [2.24, 2.45) is 0 Å². The third-order valence-corrected chi connectivity index (χ3v) is 18.1. The van der Waals surface area contributed by atoms with Gasteiger partial charge >= 0.3 is 0 Å². The third-order valence-electron chi connectivity index (χ3n) is 17.5. The Labute approximate surface area is 610 Å². The van der Waals surface area contributed by atoms with E-state index in [1.54, 1.807) is 65.6 Å². The number of likely N-dealkylation sites (N-methyl/N-ethyl adjacent to an activating group) is 3. The molecule has 3 aromatic carbocycles. The zero-order chi connectivity index (χ0) is 74.3. The summed E-state index contributed by atoms with van der Waals surface area (Å²) in [5.74, 6) is 0.706. The van der Waals surface area contributed by atoms with Crippen molar-refractivity contribution in [3.05, 3.63) is 138 Å². The highest BCUT2D eigenvalue weighted by Crippen LogP contribution is 2.34. The minimum Gasteiger partial charge on any atom is -0.478 e. The molecule has 9 heterocycles. The molecule has 31 heteroatoms. The second-order valence-corrected chi connectivity index (χ2v) is 26.9. The van der Waals surface area contributed by atoms with Gasteiger partial charge in [0, 0.05) is 111 Å². The number of piperidine rings is 3. The molecule has 12 rings (SSSR count). The van der Waals surface area contributed by atoms with Crippen LogP contribution in [0.15, 0.2) is 99.7 Å². The molecular formula is C73H88Cl2F2N18O9. The van der Waals surface area contributed by atoms with Gasteiger partial charge in [-0.1, -0.05) is 23.2 Å². The van der Waals surface area contributed by atoms with Crippen LogP contribution in [0.5, 0.6) is 17.2 Å². The summed E-state index contributed by atoms with van der Waals surface area (Å²) in [7, 11) is 2.97. The predicted octanol–water partition coefficient (Wildman–Crippen LogP) is 11.7. The van der Waals surface area contributed by atoms with Gasteiger partial charge in [-0.3, -0.25) is 33.3 Å². The number of rotatable bonds is 22. The summed E-state index contributed by atoms with van der Waals surface area (Å²) in [5.41, 5.74) is 2.26. The lowest BCUT2D eigenvalue weighted by molar-refractivity contribution is -0.123. The van der Waals surface area contributed by atoms with Gasteiger partial charge < -0.3 is 69.9 Å². The smallest absolute Gasteiger partial charge is 0.293 e. The van der Waals surface area contributed by atoms with Crippen LogP contribution in [0.25, 0.3) is 32.7 Å². The molecule has 6 aromatic heterocycles. The maximum atomic E-state index is 15.3. The Bertz CT molecular complexity index is 4770. The van der Waals surface area contributed by atoms with Gasteiger partial charge in [0.25, 0.3) is 34.4 Å². The second-order valence-electron chi connectivity index (χ2n) is 26.1. The molecule has 104 heavy (non-hydrogen) atoms. The Kier molecular flexibility index (Phi) is 25.8. The fraction of sp³-hybridized carbons (Fsp3) is 0.425. The quantitative estimate of drug-likeness (QED) is 0.0367. The van der Waals surface area contributed by atoms with E-state index in [0.29, 0.717) is 73.7 Å². The minimum absolute atomic E-state index is 0.0428. The Morgan fingerprint density at radius 3 is 1.24 bits per heavy atom. The SMILES string of the molecule is CCNC(=O)COc1cc2cc(Nc3nc(N4CCCCC4)ncc3Cl)ccc2n(C(C)C)c1=O.CNC(=O)COc1cc2cc(Nc3nc(N4CCCCC4)ncc3Cl)cc(F)c2n(C(C)C)c1=O.CNC(=O)COc1cc2cc(Nc3nc(N4CCCCC4)ncc3F)ccc2n(C(C)C)c1=O. The second kappa shape index (κ2) is 35.2. The van der Waals surface area contributed by atoms with Gasteiger partial charge in [-0.2, -0.15) is 15.0 Å². The molecule has 0 saturated carbocycles. The molecule has 27 nitrogen and oxygen atoms in total. The van der Waals surface area contributed by atoms with E-state index in [9.17, 15) is 33.2 Å². The molecule has 3 aliphatic heterocycles. The molecule has 6 N–H and O–H groups in total. The maximum Gasteiger partial charge on any atom is 0.293 e. The first-order valence-corrected chi connectivity index (χ1v) is 35.8. The lowest BCUT2D eigenvalue weighted by atomic mass is 10.1. The molecule has 3 saturated heterocycles.